The molecule has 0 atom stereocenters. The number of halogens is 2. The van der Waals surface area contributed by atoms with E-state index in [9.17, 15) is 25.6 Å². The third-order valence-corrected chi connectivity index (χ3v) is 7.02. The third-order valence-electron chi connectivity index (χ3n) is 3.82. The molecular weight excluding hydrogens is 398 g/mol. The van der Waals surface area contributed by atoms with Crippen molar-refractivity contribution in [1.29, 1.82) is 0 Å². The van der Waals surface area contributed by atoms with Crippen LogP contribution in [0.15, 0.2) is 46.2 Å². The van der Waals surface area contributed by atoms with Gasteiger partial charge in [0.15, 0.2) is 0 Å². The van der Waals surface area contributed by atoms with Crippen molar-refractivity contribution >= 4 is 20.0 Å². The van der Waals surface area contributed by atoms with E-state index in [1.165, 1.54) is 12.1 Å². The third kappa shape index (κ3) is 5.55. The van der Waals surface area contributed by atoms with Crippen LogP contribution in [0.2, 0.25) is 0 Å². The summed E-state index contributed by atoms with van der Waals surface area (Å²) in [5.41, 5.74) is 0.789. The molecule has 2 aromatic carbocycles. The Hall–Kier alpha value is -1.88. The fourth-order valence-corrected chi connectivity index (χ4v) is 5.04. The van der Waals surface area contributed by atoms with Crippen LogP contribution in [0.4, 0.5) is 8.78 Å². The van der Waals surface area contributed by atoms with Gasteiger partial charge in [-0.15, -0.1) is 0 Å². The summed E-state index contributed by atoms with van der Waals surface area (Å²) in [6, 6.07) is 6.90. The summed E-state index contributed by atoms with van der Waals surface area (Å²) in [5.74, 6) is -1.33. The summed E-state index contributed by atoms with van der Waals surface area (Å²) >= 11 is 0. The summed E-state index contributed by atoms with van der Waals surface area (Å²) in [6.07, 6.45) is 0.154. The van der Waals surface area contributed by atoms with Crippen LogP contribution in [0.3, 0.4) is 0 Å². The Bertz CT molecular complexity index is 955. The molecule has 0 aromatic heterocycles. The minimum Gasteiger partial charge on any atom is -0.211 e. The average molecular weight is 418 g/mol. The van der Waals surface area contributed by atoms with Crippen molar-refractivity contribution in [3.05, 3.63) is 59.2 Å². The van der Waals surface area contributed by atoms with Gasteiger partial charge >= 0.3 is 0 Å². The first-order valence-corrected chi connectivity index (χ1v) is 11.0. The average Bonchev–Trinajstić information content (AvgIpc) is 2.58. The SMILES string of the molecule is Cc1ccc(F)cc1S(=O)(=O)NCCCNS(=O)(=O)c1cc(F)ccc1C. The van der Waals surface area contributed by atoms with Gasteiger partial charge in [0, 0.05) is 13.1 Å². The van der Waals surface area contributed by atoms with Gasteiger partial charge < -0.3 is 0 Å². The van der Waals surface area contributed by atoms with Crippen molar-refractivity contribution in [1.82, 2.24) is 9.44 Å². The zero-order valence-corrected chi connectivity index (χ0v) is 16.4. The summed E-state index contributed by atoms with van der Waals surface area (Å²) < 4.78 is 80.0. The second-order valence-electron chi connectivity index (χ2n) is 5.97. The Balaban J connectivity index is 1.93. The van der Waals surface area contributed by atoms with Gasteiger partial charge in [0.1, 0.15) is 11.6 Å². The molecule has 6 nitrogen and oxygen atoms in total. The molecule has 0 bridgehead atoms. The van der Waals surface area contributed by atoms with Crippen LogP contribution in [-0.4, -0.2) is 29.9 Å². The van der Waals surface area contributed by atoms with E-state index in [0.717, 1.165) is 24.3 Å². The van der Waals surface area contributed by atoms with Crippen molar-refractivity contribution in [2.24, 2.45) is 0 Å². The Morgan fingerprint density at radius 1 is 0.741 bits per heavy atom. The zero-order chi connectivity index (χ0) is 20.2. The lowest BCUT2D eigenvalue weighted by molar-refractivity contribution is 0.568. The summed E-state index contributed by atoms with van der Waals surface area (Å²) in [4.78, 5) is -0.336. The van der Waals surface area contributed by atoms with E-state index >= 15 is 0 Å². The van der Waals surface area contributed by atoms with Gasteiger partial charge in [-0.25, -0.2) is 35.1 Å². The number of benzene rings is 2. The van der Waals surface area contributed by atoms with Crippen LogP contribution in [0.1, 0.15) is 17.5 Å². The van der Waals surface area contributed by atoms with E-state index in [2.05, 4.69) is 9.44 Å². The topological polar surface area (TPSA) is 92.3 Å². The first-order chi connectivity index (χ1) is 12.5. The van der Waals surface area contributed by atoms with Crippen molar-refractivity contribution in [2.75, 3.05) is 13.1 Å². The van der Waals surface area contributed by atoms with Crippen molar-refractivity contribution in [3.63, 3.8) is 0 Å². The van der Waals surface area contributed by atoms with Crippen molar-refractivity contribution in [2.45, 2.75) is 30.1 Å². The van der Waals surface area contributed by atoms with Gasteiger partial charge in [0.25, 0.3) is 0 Å². The van der Waals surface area contributed by atoms with Crippen LogP contribution >= 0.6 is 0 Å². The van der Waals surface area contributed by atoms with E-state index in [1.54, 1.807) is 13.8 Å². The predicted molar refractivity (Wildman–Crippen MR) is 97.3 cm³/mol. The molecule has 2 N–H and O–H groups in total. The molecule has 0 aliphatic heterocycles. The standard InChI is InChI=1S/C17H20F2N2O4S2/c1-12-4-6-14(18)10-16(12)26(22,23)20-8-3-9-21-27(24,25)17-11-15(19)7-5-13(17)2/h4-7,10-11,20-21H,3,8-9H2,1-2H3. The second kappa shape index (κ2) is 8.42. The molecule has 0 spiro atoms. The number of aryl methyl sites for hydroxylation is 2. The highest BCUT2D eigenvalue weighted by Gasteiger charge is 2.19. The fraction of sp³-hybridized carbons (Fsp3) is 0.294. The van der Waals surface area contributed by atoms with Gasteiger partial charge in [0.05, 0.1) is 9.79 Å². The largest absolute Gasteiger partial charge is 0.240 e. The van der Waals surface area contributed by atoms with E-state index in [0.29, 0.717) is 11.1 Å². The normalized spacial score (nSPS) is 12.3. The Morgan fingerprint density at radius 3 is 1.48 bits per heavy atom. The van der Waals surface area contributed by atoms with Gasteiger partial charge in [-0.3, -0.25) is 0 Å². The van der Waals surface area contributed by atoms with Gasteiger partial charge in [-0.05, 0) is 55.7 Å². The number of hydrogen-bond acceptors (Lipinski definition) is 4. The molecular formula is C17H20F2N2O4S2. The lowest BCUT2D eigenvalue weighted by atomic mass is 10.2. The molecule has 0 heterocycles. The highest BCUT2D eigenvalue weighted by molar-refractivity contribution is 7.89. The van der Waals surface area contributed by atoms with Gasteiger partial charge in [-0.2, -0.15) is 0 Å². The maximum atomic E-state index is 13.3. The number of rotatable bonds is 8. The van der Waals surface area contributed by atoms with Crippen LogP contribution < -0.4 is 9.44 Å². The molecule has 0 fully saturated rings. The van der Waals surface area contributed by atoms with E-state index in [1.807, 2.05) is 0 Å². The maximum absolute atomic E-state index is 13.3. The summed E-state index contributed by atoms with van der Waals surface area (Å²) in [7, 11) is -7.82. The molecule has 0 saturated carbocycles. The lowest BCUT2D eigenvalue weighted by Gasteiger charge is -2.11. The molecule has 2 aromatic rings. The van der Waals surface area contributed by atoms with E-state index < -0.39 is 31.7 Å². The first kappa shape index (κ1) is 21.4. The van der Waals surface area contributed by atoms with Crippen molar-refractivity contribution < 1.29 is 25.6 Å². The highest BCUT2D eigenvalue weighted by Crippen LogP contribution is 2.17. The number of hydrogen-bond donors (Lipinski definition) is 2. The van der Waals surface area contributed by atoms with E-state index in [-0.39, 0.29) is 29.3 Å². The van der Waals surface area contributed by atoms with Crippen LogP contribution in [-0.2, 0) is 20.0 Å². The second-order valence-corrected chi connectivity index (χ2v) is 9.44. The lowest BCUT2D eigenvalue weighted by Crippen LogP contribution is -2.30. The first-order valence-electron chi connectivity index (χ1n) is 8.04. The highest BCUT2D eigenvalue weighted by atomic mass is 32.2. The summed E-state index contributed by atoms with van der Waals surface area (Å²) in [5, 5.41) is 0. The Kier molecular flexibility index (Phi) is 6.68. The summed E-state index contributed by atoms with van der Waals surface area (Å²) in [6.45, 7) is 2.98. The van der Waals surface area contributed by atoms with Crippen LogP contribution in [0, 0.1) is 25.5 Å². The van der Waals surface area contributed by atoms with E-state index in [4.69, 9.17) is 0 Å². The molecule has 148 valence electrons. The minimum absolute atomic E-state index is 0.0526. The minimum atomic E-state index is -3.91. The van der Waals surface area contributed by atoms with Gasteiger partial charge in [-0.1, -0.05) is 12.1 Å². The Labute approximate surface area is 157 Å². The molecule has 0 amide bonds. The molecule has 0 aliphatic rings. The van der Waals surface area contributed by atoms with Crippen LogP contribution in [0.5, 0.6) is 0 Å². The predicted octanol–water partition coefficient (Wildman–Crippen LogP) is 2.23. The van der Waals surface area contributed by atoms with Crippen molar-refractivity contribution in [3.8, 4) is 0 Å². The zero-order valence-electron chi connectivity index (χ0n) is 14.8. The quantitative estimate of drug-likeness (QED) is 0.643. The molecule has 0 saturated heterocycles. The fourth-order valence-electron chi connectivity index (χ4n) is 2.38. The smallest absolute Gasteiger partial charge is 0.211 e. The molecule has 2 rings (SSSR count). The molecule has 27 heavy (non-hydrogen) atoms. The molecule has 10 heteroatoms. The number of sulfonamides is 2. The maximum Gasteiger partial charge on any atom is 0.240 e. The molecule has 0 radical (unpaired) electrons. The monoisotopic (exact) mass is 418 g/mol. The Morgan fingerprint density at radius 2 is 1.11 bits per heavy atom. The molecule has 0 unspecified atom stereocenters. The van der Waals surface area contributed by atoms with Crippen LogP contribution in [0.25, 0.3) is 0 Å². The molecule has 0 aliphatic carbocycles. The van der Waals surface area contributed by atoms with Gasteiger partial charge in [0.2, 0.25) is 20.0 Å². The number of nitrogens with one attached hydrogen (secondary N) is 2.